The summed E-state index contributed by atoms with van der Waals surface area (Å²) in [6, 6.07) is 0. The van der Waals surface area contributed by atoms with E-state index in [1.807, 2.05) is 0 Å². The van der Waals surface area contributed by atoms with E-state index in [1.165, 1.54) is 0 Å². The van der Waals surface area contributed by atoms with E-state index in [4.69, 9.17) is 0 Å². The second-order valence-corrected chi connectivity index (χ2v) is 6.92. The summed E-state index contributed by atoms with van der Waals surface area (Å²) in [6.45, 7) is 2.33. The SMILES string of the molecule is CC1CCC(CO)(NC(=O)C2CCCS2)CC1. The third-order valence-electron chi connectivity index (χ3n) is 4.14. The highest BCUT2D eigenvalue weighted by Gasteiger charge is 2.37. The van der Waals surface area contributed by atoms with Crippen molar-refractivity contribution in [2.24, 2.45) is 5.92 Å². The van der Waals surface area contributed by atoms with Crippen LogP contribution in [0.15, 0.2) is 0 Å². The van der Waals surface area contributed by atoms with Crippen molar-refractivity contribution in [1.82, 2.24) is 5.32 Å². The van der Waals surface area contributed by atoms with E-state index in [0.29, 0.717) is 0 Å². The maximum Gasteiger partial charge on any atom is 0.233 e. The Bertz CT molecular complexity index is 269. The highest BCUT2D eigenvalue weighted by molar-refractivity contribution is 8.00. The van der Waals surface area contributed by atoms with E-state index in [-0.39, 0.29) is 23.3 Å². The van der Waals surface area contributed by atoms with E-state index in [2.05, 4.69) is 12.2 Å². The van der Waals surface area contributed by atoms with Crippen molar-refractivity contribution in [2.45, 2.75) is 56.2 Å². The minimum absolute atomic E-state index is 0.0862. The molecule has 0 radical (unpaired) electrons. The number of thioether (sulfide) groups is 1. The van der Waals surface area contributed by atoms with Gasteiger partial charge < -0.3 is 10.4 Å². The van der Waals surface area contributed by atoms with Gasteiger partial charge in [0, 0.05) is 0 Å². The Balaban J connectivity index is 1.92. The van der Waals surface area contributed by atoms with Gasteiger partial charge in [-0.15, -0.1) is 11.8 Å². The van der Waals surface area contributed by atoms with Gasteiger partial charge in [-0.3, -0.25) is 4.79 Å². The number of aliphatic hydroxyl groups excluding tert-OH is 1. The standard InChI is InChI=1S/C13H23NO2S/c1-10-4-6-13(9-15,7-5-10)14-12(16)11-3-2-8-17-11/h10-11,15H,2-9H2,1H3,(H,14,16). The van der Waals surface area contributed by atoms with Crippen LogP contribution in [0.1, 0.15) is 45.4 Å². The molecular formula is C13H23NO2S. The van der Waals surface area contributed by atoms with Crippen LogP contribution in [0.5, 0.6) is 0 Å². The van der Waals surface area contributed by atoms with Crippen LogP contribution in [0.2, 0.25) is 0 Å². The van der Waals surface area contributed by atoms with Crippen molar-refractivity contribution in [3.63, 3.8) is 0 Å². The summed E-state index contributed by atoms with van der Waals surface area (Å²) in [7, 11) is 0. The molecular weight excluding hydrogens is 234 g/mol. The highest BCUT2D eigenvalue weighted by Crippen LogP contribution is 2.33. The van der Waals surface area contributed by atoms with Crippen molar-refractivity contribution < 1.29 is 9.90 Å². The maximum atomic E-state index is 12.1. The van der Waals surface area contributed by atoms with Crippen LogP contribution in [0.3, 0.4) is 0 Å². The molecule has 0 bridgehead atoms. The number of carbonyl (C=O) groups is 1. The Kier molecular flexibility index (Phi) is 4.36. The average molecular weight is 257 g/mol. The number of carbonyl (C=O) groups excluding carboxylic acids is 1. The van der Waals surface area contributed by atoms with E-state index in [0.717, 1.165) is 50.2 Å². The van der Waals surface area contributed by atoms with Crippen LogP contribution in [0.4, 0.5) is 0 Å². The lowest BCUT2D eigenvalue weighted by Gasteiger charge is -2.39. The van der Waals surface area contributed by atoms with Gasteiger partial charge in [0.05, 0.1) is 17.4 Å². The molecule has 2 fully saturated rings. The quantitative estimate of drug-likeness (QED) is 0.812. The molecule has 2 aliphatic rings. The van der Waals surface area contributed by atoms with Crippen LogP contribution < -0.4 is 5.32 Å². The Morgan fingerprint density at radius 2 is 2.12 bits per heavy atom. The number of rotatable bonds is 3. The van der Waals surface area contributed by atoms with Crippen LogP contribution >= 0.6 is 11.8 Å². The zero-order valence-electron chi connectivity index (χ0n) is 10.6. The van der Waals surface area contributed by atoms with Crippen molar-refractivity contribution in [1.29, 1.82) is 0 Å². The Hall–Kier alpha value is -0.220. The van der Waals surface area contributed by atoms with Gasteiger partial charge in [0.15, 0.2) is 0 Å². The molecule has 1 unspecified atom stereocenters. The molecule has 2 rings (SSSR count). The topological polar surface area (TPSA) is 49.3 Å². The highest BCUT2D eigenvalue weighted by atomic mass is 32.2. The molecule has 0 spiro atoms. The van der Waals surface area contributed by atoms with Crippen molar-refractivity contribution >= 4 is 17.7 Å². The number of nitrogens with one attached hydrogen (secondary N) is 1. The van der Waals surface area contributed by atoms with Crippen molar-refractivity contribution in [3.05, 3.63) is 0 Å². The van der Waals surface area contributed by atoms with Gasteiger partial charge in [0.2, 0.25) is 5.91 Å². The number of hydrogen-bond donors (Lipinski definition) is 2. The first kappa shape index (κ1) is 13.2. The predicted molar refractivity (Wildman–Crippen MR) is 71.1 cm³/mol. The lowest BCUT2D eigenvalue weighted by atomic mass is 9.77. The van der Waals surface area contributed by atoms with Crippen LogP contribution in [0.25, 0.3) is 0 Å². The van der Waals surface area contributed by atoms with E-state index in [9.17, 15) is 9.90 Å². The molecule has 1 saturated carbocycles. The van der Waals surface area contributed by atoms with Gasteiger partial charge in [0.25, 0.3) is 0 Å². The second-order valence-electron chi connectivity index (χ2n) is 5.61. The van der Waals surface area contributed by atoms with Crippen LogP contribution in [0, 0.1) is 5.92 Å². The molecule has 2 N–H and O–H groups in total. The van der Waals surface area contributed by atoms with Gasteiger partial charge in [-0.05, 0) is 50.2 Å². The fourth-order valence-corrected chi connectivity index (χ4v) is 3.93. The zero-order chi connectivity index (χ0) is 12.3. The number of hydrogen-bond acceptors (Lipinski definition) is 3. The molecule has 17 heavy (non-hydrogen) atoms. The van der Waals surface area contributed by atoms with Gasteiger partial charge in [-0.2, -0.15) is 0 Å². The summed E-state index contributed by atoms with van der Waals surface area (Å²) in [5.41, 5.74) is -0.327. The summed E-state index contributed by atoms with van der Waals surface area (Å²) in [6.07, 6.45) is 6.21. The summed E-state index contributed by atoms with van der Waals surface area (Å²) < 4.78 is 0. The smallest absolute Gasteiger partial charge is 0.233 e. The summed E-state index contributed by atoms with van der Waals surface area (Å²) in [4.78, 5) is 12.1. The third-order valence-corrected chi connectivity index (χ3v) is 5.52. The molecule has 1 saturated heterocycles. The van der Waals surface area contributed by atoms with E-state index in [1.54, 1.807) is 11.8 Å². The molecule has 1 aliphatic carbocycles. The van der Waals surface area contributed by atoms with Crippen LogP contribution in [-0.2, 0) is 4.79 Å². The number of amides is 1. The number of aliphatic hydroxyl groups is 1. The maximum absolute atomic E-state index is 12.1. The first-order valence-electron chi connectivity index (χ1n) is 6.70. The summed E-state index contributed by atoms with van der Waals surface area (Å²) >= 11 is 1.76. The summed E-state index contributed by atoms with van der Waals surface area (Å²) in [5, 5.41) is 12.9. The Morgan fingerprint density at radius 1 is 1.41 bits per heavy atom. The minimum atomic E-state index is -0.327. The molecule has 98 valence electrons. The molecule has 0 aromatic heterocycles. The lowest BCUT2D eigenvalue weighted by molar-refractivity contribution is -0.123. The Morgan fingerprint density at radius 3 is 2.65 bits per heavy atom. The van der Waals surface area contributed by atoms with Gasteiger partial charge >= 0.3 is 0 Å². The van der Waals surface area contributed by atoms with Crippen molar-refractivity contribution in [2.75, 3.05) is 12.4 Å². The Labute approximate surface area is 108 Å². The van der Waals surface area contributed by atoms with Gasteiger partial charge in [0.1, 0.15) is 0 Å². The predicted octanol–water partition coefficient (Wildman–Crippen LogP) is 1.94. The molecule has 1 aliphatic heterocycles. The van der Waals surface area contributed by atoms with Gasteiger partial charge in [-0.25, -0.2) is 0 Å². The zero-order valence-corrected chi connectivity index (χ0v) is 11.4. The molecule has 0 aromatic rings. The van der Waals surface area contributed by atoms with Crippen LogP contribution in [-0.4, -0.2) is 34.2 Å². The summed E-state index contributed by atoms with van der Waals surface area (Å²) in [5.74, 6) is 1.98. The normalized spacial score (nSPS) is 38.0. The molecule has 1 amide bonds. The monoisotopic (exact) mass is 257 g/mol. The average Bonchev–Trinajstić information content (AvgIpc) is 2.86. The third kappa shape index (κ3) is 3.16. The van der Waals surface area contributed by atoms with Crippen molar-refractivity contribution in [3.8, 4) is 0 Å². The van der Waals surface area contributed by atoms with E-state index >= 15 is 0 Å². The minimum Gasteiger partial charge on any atom is -0.394 e. The lowest BCUT2D eigenvalue weighted by Crippen LogP contribution is -2.55. The second kappa shape index (κ2) is 5.61. The van der Waals surface area contributed by atoms with Gasteiger partial charge in [-0.1, -0.05) is 6.92 Å². The fourth-order valence-electron chi connectivity index (χ4n) is 2.76. The first-order valence-corrected chi connectivity index (χ1v) is 7.74. The molecule has 0 aromatic carbocycles. The molecule has 1 heterocycles. The molecule has 4 heteroatoms. The largest absolute Gasteiger partial charge is 0.394 e. The fraction of sp³-hybridized carbons (Fsp3) is 0.923. The van der Waals surface area contributed by atoms with E-state index < -0.39 is 0 Å². The first-order chi connectivity index (χ1) is 8.15. The molecule has 3 nitrogen and oxygen atoms in total. The molecule has 1 atom stereocenters.